The van der Waals surface area contributed by atoms with Crippen LogP contribution in [0.1, 0.15) is 44.7 Å². The number of ether oxygens (including phenoxy) is 2. The van der Waals surface area contributed by atoms with E-state index in [9.17, 15) is 40.9 Å². The van der Waals surface area contributed by atoms with Crippen LogP contribution in [-0.4, -0.2) is 55.1 Å². The third-order valence-electron chi connectivity index (χ3n) is 9.82. The molecule has 0 spiro atoms. The Balaban J connectivity index is 1.87. The normalized spacial score (nSPS) is 12.9. The van der Waals surface area contributed by atoms with Crippen molar-refractivity contribution in [2.24, 2.45) is 0 Å². The molecule has 10 nitrogen and oxygen atoms in total. The number of phenolic OH excluding ortho intramolecular Hbond substituents is 8. The van der Waals surface area contributed by atoms with Gasteiger partial charge >= 0.3 is 0 Å². The van der Waals surface area contributed by atoms with E-state index in [1.807, 2.05) is 0 Å². The van der Waals surface area contributed by atoms with Gasteiger partial charge in [-0.15, -0.1) is 0 Å². The lowest BCUT2D eigenvalue weighted by molar-refractivity contribution is 0.395. The number of hydrogen-bond donors (Lipinski definition) is 8. The fraction of sp³-hybridized carbons (Fsp3) is 0.182. The van der Waals surface area contributed by atoms with E-state index in [-0.39, 0.29) is 69.7 Å². The summed E-state index contributed by atoms with van der Waals surface area (Å²) < 4.78 is 10.5. The van der Waals surface area contributed by atoms with Crippen LogP contribution in [0, 0.1) is 17.4 Å². The molecule has 0 bridgehead atoms. The predicted molar refractivity (Wildman–Crippen MR) is 223 cm³/mol. The van der Waals surface area contributed by atoms with E-state index < -0.39 is 46.2 Å². The summed E-state index contributed by atoms with van der Waals surface area (Å²) in [5, 5.41) is 97.0. The van der Waals surface area contributed by atoms with Crippen LogP contribution < -0.4 is 30.3 Å². The van der Waals surface area contributed by atoms with Crippen molar-refractivity contribution >= 4 is 68.0 Å². The molecule has 0 saturated carbocycles. The molecule has 0 aliphatic rings. The Hall–Kier alpha value is -5.98. The van der Waals surface area contributed by atoms with Crippen LogP contribution in [0.25, 0.3) is 44.5 Å². The highest BCUT2D eigenvalue weighted by atomic mass is 32.2. The van der Waals surface area contributed by atoms with Crippen LogP contribution in [0.5, 0.6) is 57.5 Å². The molecule has 290 valence electrons. The maximum absolute atomic E-state index is 12.4. The lowest BCUT2D eigenvalue weighted by Crippen LogP contribution is -2.19. The van der Waals surface area contributed by atoms with E-state index in [0.717, 1.165) is 9.79 Å². The lowest BCUT2D eigenvalue weighted by Gasteiger charge is -2.19. The zero-order valence-corrected chi connectivity index (χ0v) is 33.4. The van der Waals surface area contributed by atoms with Crippen LogP contribution >= 0.6 is 23.5 Å². The Morgan fingerprint density at radius 1 is 0.571 bits per heavy atom. The van der Waals surface area contributed by atoms with Crippen LogP contribution in [0.3, 0.4) is 0 Å². The van der Waals surface area contributed by atoms with E-state index in [4.69, 9.17) is 9.47 Å². The standard InChI is InChI=1S/C44H42O10S2/c1-19(2)29-35-33(27(39(47)43(29)51)17-55-25-13-9-23(53-7)10-14-25)41(49)31(21(5)37(35)45)32-22(6)38(46)36-30(20(3)4)44(52)40(48)28(34(36)42(32)50)18-56-26-15-11-24(54-8)12-16-26/h9-18,20,45-52H,5H2,1-4,6-8H3/b27-17?,28-18?,32-31-. The number of rotatable bonds is 7. The van der Waals surface area contributed by atoms with Gasteiger partial charge in [-0.25, -0.2) is 0 Å². The molecule has 0 aliphatic carbocycles. The first-order valence-electron chi connectivity index (χ1n) is 17.4. The third kappa shape index (κ3) is 6.48. The molecule has 0 aliphatic heterocycles. The van der Waals surface area contributed by atoms with Crippen LogP contribution in [-0.2, 0) is 0 Å². The van der Waals surface area contributed by atoms with Gasteiger partial charge in [-0.2, -0.15) is 0 Å². The maximum atomic E-state index is 12.4. The number of thioether (sulfide) groups is 2. The van der Waals surface area contributed by atoms with Crippen molar-refractivity contribution in [2.75, 3.05) is 14.2 Å². The molecule has 0 saturated heterocycles. The minimum Gasteiger partial charge on any atom is -0.507 e. The van der Waals surface area contributed by atoms with Crippen molar-refractivity contribution in [3.05, 3.63) is 91.0 Å². The van der Waals surface area contributed by atoms with Crippen molar-refractivity contribution in [3.8, 4) is 57.5 Å². The molecule has 0 fully saturated rings. The van der Waals surface area contributed by atoms with Gasteiger partial charge in [0.05, 0.1) is 14.2 Å². The van der Waals surface area contributed by atoms with Crippen molar-refractivity contribution in [2.45, 2.75) is 50.3 Å². The number of phenols is 8. The van der Waals surface area contributed by atoms with E-state index in [0.29, 0.717) is 17.1 Å². The first kappa shape index (κ1) is 39.7. The highest BCUT2D eigenvalue weighted by molar-refractivity contribution is 8.06. The van der Waals surface area contributed by atoms with Crippen molar-refractivity contribution in [1.82, 2.24) is 0 Å². The predicted octanol–water partition coefficient (Wildman–Crippen LogP) is 7.04. The van der Waals surface area contributed by atoms with Gasteiger partial charge in [-0.1, -0.05) is 49.5 Å². The minimum atomic E-state index is -0.566. The molecule has 56 heavy (non-hydrogen) atoms. The first-order chi connectivity index (χ1) is 26.5. The molecule has 0 atom stereocenters. The average Bonchev–Trinajstić information content (AvgIpc) is 3.17. The molecule has 6 rings (SSSR count). The number of fused-ring (bicyclic) bond motifs is 2. The topological polar surface area (TPSA) is 180 Å². The Bertz CT molecular complexity index is 2920. The molecule has 12 heteroatoms. The molecule has 6 aromatic carbocycles. The van der Waals surface area contributed by atoms with Gasteiger partial charge in [0.25, 0.3) is 0 Å². The molecule has 0 radical (unpaired) electrons. The summed E-state index contributed by atoms with van der Waals surface area (Å²) in [5.41, 5.74) is 0.750. The van der Waals surface area contributed by atoms with Gasteiger partial charge in [0.2, 0.25) is 0 Å². The largest absolute Gasteiger partial charge is 0.507 e. The molecular formula is C44H42O10S2. The molecule has 0 heterocycles. The molecular weight excluding hydrogens is 753 g/mol. The van der Waals surface area contributed by atoms with Crippen LogP contribution in [0.15, 0.2) is 58.3 Å². The Morgan fingerprint density at radius 3 is 1.46 bits per heavy atom. The zero-order chi connectivity index (χ0) is 40.9. The van der Waals surface area contributed by atoms with E-state index >= 15 is 0 Å². The fourth-order valence-electron chi connectivity index (χ4n) is 7.04. The van der Waals surface area contributed by atoms with Gasteiger partial charge in [0.1, 0.15) is 34.5 Å². The fourth-order valence-corrected chi connectivity index (χ4v) is 8.59. The number of hydrogen-bond acceptors (Lipinski definition) is 12. The Kier molecular flexibility index (Phi) is 10.8. The number of aromatic hydroxyl groups is 8. The van der Waals surface area contributed by atoms with Gasteiger partial charge in [-0.05, 0) is 86.0 Å². The molecule has 0 aromatic heterocycles. The van der Waals surface area contributed by atoms with E-state index in [2.05, 4.69) is 6.58 Å². The first-order valence-corrected chi connectivity index (χ1v) is 19.2. The van der Waals surface area contributed by atoms with Crippen LogP contribution in [0.2, 0.25) is 0 Å². The van der Waals surface area contributed by atoms with Gasteiger partial charge in [-0.3, -0.25) is 0 Å². The quantitative estimate of drug-likeness (QED) is 0.0470. The monoisotopic (exact) mass is 794 g/mol. The smallest absolute Gasteiger partial charge is 0.166 e. The van der Waals surface area contributed by atoms with E-state index in [1.165, 1.54) is 41.3 Å². The van der Waals surface area contributed by atoms with Crippen molar-refractivity contribution in [1.29, 1.82) is 0 Å². The molecule has 8 N–H and O–H groups in total. The highest BCUT2D eigenvalue weighted by Crippen LogP contribution is 2.46. The van der Waals surface area contributed by atoms with Gasteiger partial charge in [0.15, 0.2) is 23.0 Å². The second kappa shape index (κ2) is 15.3. The summed E-state index contributed by atoms with van der Waals surface area (Å²) in [5.74, 6) is -3.10. The van der Waals surface area contributed by atoms with Gasteiger partial charge < -0.3 is 50.3 Å². The summed E-state index contributed by atoms with van der Waals surface area (Å²) in [6, 6.07) is 14.2. The lowest BCUT2D eigenvalue weighted by atomic mass is 9.89. The van der Waals surface area contributed by atoms with E-state index in [1.54, 1.807) is 90.4 Å². The zero-order valence-electron chi connectivity index (χ0n) is 31.8. The molecule has 0 amide bonds. The Labute approximate surface area is 330 Å². The second-order valence-corrected chi connectivity index (χ2v) is 15.6. The van der Waals surface area contributed by atoms with Gasteiger partial charge in [0, 0.05) is 73.8 Å². The van der Waals surface area contributed by atoms with Crippen molar-refractivity contribution < 1.29 is 50.3 Å². The summed E-state index contributed by atoms with van der Waals surface area (Å²) in [6.07, 6.45) is 0. The average molecular weight is 795 g/mol. The minimum absolute atomic E-state index is 0.00450. The summed E-state index contributed by atoms with van der Waals surface area (Å²) in [4.78, 5) is 1.46. The molecule has 0 unspecified atom stereocenters. The third-order valence-corrected chi connectivity index (χ3v) is 11.6. The summed E-state index contributed by atoms with van der Waals surface area (Å²) in [7, 11) is 3.09. The second-order valence-electron chi connectivity index (χ2n) is 13.7. The summed E-state index contributed by atoms with van der Waals surface area (Å²) >= 11 is 2.35. The summed E-state index contributed by atoms with van der Waals surface area (Å²) in [6.45, 7) is 12.5. The van der Waals surface area contributed by atoms with Crippen molar-refractivity contribution in [3.63, 3.8) is 0 Å². The van der Waals surface area contributed by atoms with Crippen LogP contribution in [0.4, 0.5) is 0 Å². The highest BCUT2D eigenvalue weighted by Gasteiger charge is 2.27. The SMILES string of the molecule is C=c1c(O)c2c(=C(C)C)c(O)c(O)c(=CSc3ccc(OC)cc3)c2c(O)/c1=c1/c(C)c(O)c2c(C(C)C)c(O)c(O)c(=CSc3ccc(OC)cc3)c2c1O. The maximum Gasteiger partial charge on any atom is 0.166 e. The molecule has 6 aromatic rings. The Morgan fingerprint density at radius 2 is 1.02 bits per heavy atom. The number of methoxy groups -OCH3 is 2. The number of benzene rings is 6.